The molecule has 11 heteroatoms. The number of aliphatic hydroxyl groups excluding tert-OH is 1. The first-order valence-electron chi connectivity index (χ1n) is 10.4. The predicted molar refractivity (Wildman–Crippen MR) is 131 cm³/mol. The summed E-state index contributed by atoms with van der Waals surface area (Å²) in [5.74, 6) is -1.79. The number of hydrogen-bond acceptors (Lipinski definition) is 5. The van der Waals surface area contributed by atoms with Crippen molar-refractivity contribution in [1.82, 2.24) is 10.3 Å². The quantitative estimate of drug-likeness (QED) is 0.341. The number of aliphatic hydroxyl groups is 1. The average molecular weight is 528 g/mol. The van der Waals surface area contributed by atoms with Gasteiger partial charge >= 0.3 is 0 Å². The number of aryl methyl sites for hydroxylation is 1. The Morgan fingerprint density at radius 2 is 1.86 bits per heavy atom. The molecule has 0 aliphatic carbocycles. The molecule has 0 saturated heterocycles. The van der Waals surface area contributed by atoms with Crippen molar-refractivity contribution in [3.63, 3.8) is 0 Å². The Labute approximate surface area is 211 Å². The molecule has 0 aliphatic heterocycles. The lowest BCUT2D eigenvalue weighted by molar-refractivity contribution is -0.123. The molecule has 1 amide bonds. The molecule has 1 aromatic heterocycles. The van der Waals surface area contributed by atoms with Gasteiger partial charge in [0.25, 0.3) is 5.56 Å². The van der Waals surface area contributed by atoms with Gasteiger partial charge in [0.15, 0.2) is 0 Å². The molecule has 35 heavy (non-hydrogen) atoms. The zero-order valence-electron chi connectivity index (χ0n) is 18.7. The van der Waals surface area contributed by atoms with Crippen LogP contribution in [0.1, 0.15) is 27.9 Å². The lowest BCUT2D eigenvalue weighted by Gasteiger charge is -2.16. The fraction of sp³-hybridized carbons (Fsp3) is 0.250. The fourth-order valence-electron chi connectivity index (χ4n) is 3.24. The molecule has 0 fully saturated rings. The van der Waals surface area contributed by atoms with Gasteiger partial charge in [-0.2, -0.15) is 0 Å². The Morgan fingerprint density at radius 3 is 2.49 bits per heavy atom. The first-order valence-corrected chi connectivity index (χ1v) is 10.8. The van der Waals surface area contributed by atoms with Crippen molar-refractivity contribution in [2.45, 2.75) is 32.5 Å². The number of nitrogens with one attached hydrogen (secondary N) is 2. The van der Waals surface area contributed by atoms with E-state index in [-0.39, 0.29) is 41.9 Å². The van der Waals surface area contributed by atoms with Gasteiger partial charge in [-0.05, 0) is 30.2 Å². The Balaban J connectivity index is 0.00000432. The van der Waals surface area contributed by atoms with Gasteiger partial charge in [0.05, 0.1) is 6.61 Å². The monoisotopic (exact) mass is 527 g/mol. The second kappa shape index (κ2) is 12.6. The highest BCUT2D eigenvalue weighted by Gasteiger charge is 2.18. The second-order valence-electron chi connectivity index (χ2n) is 7.73. The van der Waals surface area contributed by atoms with E-state index in [1.807, 2.05) is 24.3 Å². The zero-order chi connectivity index (χ0) is 24.8. The maximum absolute atomic E-state index is 14.0. The number of pyridine rings is 1. The number of amides is 1. The minimum Gasteiger partial charge on any atom is -0.487 e. The number of aromatic amines is 1. The summed E-state index contributed by atoms with van der Waals surface area (Å²) >= 11 is 6.21. The van der Waals surface area contributed by atoms with E-state index < -0.39 is 35.7 Å². The summed E-state index contributed by atoms with van der Waals surface area (Å²) in [5.41, 5.74) is 7.89. The number of carbonyl (C=O) groups excluding carboxylic acids is 1. The number of hydrogen-bond donors (Lipinski definition) is 4. The predicted octanol–water partition coefficient (Wildman–Crippen LogP) is 3.14. The van der Waals surface area contributed by atoms with E-state index in [4.69, 9.17) is 27.2 Å². The summed E-state index contributed by atoms with van der Waals surface area (Å²) in [6, 6.07) is 9.48. The van der Waals surface area contributed by atoms with E-state index in [1.54, 1.807) is 6.92 Å². The SMILES string of the molecule is Cc1[nH]c(=O)c(Cl)c(OCc2ccc(F)cc2F)c1Cc1ccc(CNC(=O)[C@@H](N)CO)cc1.Cl. The van der Waals surface area contributed by atoms with Crippen LogP contribution in [0.15, 0.2) is 47.3 Å². The number of nitrogens with two attached hydrogens (primary N) is 1. The molecule has 0 unspecified atom stereocenters. The largest absolute Gasteiger partial charge is 0.487 e. The molecule has 0 aliphatic rings. The Bertz CT molecular complexity index is 1240. The van der Waals surface area contributed by atoms with Gasteiger partial charge < -0.3 is 25.9 Å². The maximum atomic E-state index is 14.0. The molecular weight excluding hydrogens is 503 g/mol. The minimum absolute atomic E-state index is 0. The smallest absolute Gasteiger partial charge is 0.270 e. The summed E-state index contributed by atoms with van der Waals surface area (Å²) in [4.78, 5) is 26.6. The molecule has 188 valence electrons. The molecule has 0 bridgehead atoms. The van der Waals surface area contributed by atoms with Crippen LogP contribution < -0.4 is 21.3 Å². The van der Waals surface area contributed by atoms with Crippen LogP contribution in [0.2, 0.25) is 5.02 Å². The van der Waals surface area contributed by atoms with Crippen LogP contribution in [0.3, 0.4) is 0 Å². The molecule has 1 heterocycles. The second-order valence-corrected chi connectivity index (χ2v) is 8.10. The Hall–Kier alpha value is -2.98. The fourth-order valence-corrected chi connectivity index (χ4v) is 3.46. The van der Waals surface area contributed by atoms with Gasteiger partial charge in [-0.3, -0.25) is 9.59 Å². The van der Waals surface area contributed by atoms with Crippen LogP contribution in [0.4, 0.5) is 8.78 Å². The van der Waals surface area contributed by atoms with Crippen molar-refractivity contribution in [2.75, 3.05) is 6.61 Å². The van der Waals surface area contributed by atoms with Gasteiger partial charge in [0.1, 0.15) is 35.1 Å². The number of ether oxygens (including phenoxy) is 1. The van der Waals surface area contributed by atoms with E-state index >= 15 is 0 Å². The molecule has 3 rings (SSSR count). The summed E-state index contributed by atoms with van der Waals surface area (Å²) < 4.78 is 32.9. The minimum atomic E-state index is -0.978. The molecule has 0 spiro atoms. The number of halogens is 4. The van der Waals surface area contributed by atoms with Crippen LogP contribution in [0, 0.1) is 18.6 Å². The number of benzene rings is 2. The van der Waals surface area contributed by atoms with Crippen molar-refractivity contribution in [3.8, 4) is 5.75 Å². The van der Waals surface area contributed by atoms with Crippen molar-refractivity contribution < 1.29 is 23.4 Å². The highest BCUT2D eigenvalue weighted by molar-refractivity contribution is 6.32. The normalized spacial score (nSPS) is 11.5. The Kier molecular flexibility index (Phi) is 10.2. The average Bonchev–Trinajstić information content (AvgIpc) is 2.82. The molecule has 5 N–H and O–H groups in total. The number of rotatable bonds is 9. The number of aromatic nitrogens is 1. The van der Waals surface area contributed by atoms with E-state index in [1.165, 1.54) is 6.07 Å². The van der Waals surface area contributed by atoms with Crippen molar-refractivity contribution in [1.29, 1.82) is 0 Å². The van der Waals surface area contributed by atoms with Crippen molar-refractivity contribution >= 4 is 29.9 Å². The number of H-pyrrole nitrogens is 1. The summed E-state index contributed by atoms with van der Waals surface area (Å²) in [6.45, 7) is 1.26. The highest BCUT2D eigenvalue weighted by Crippen LogP contribution is 2.30. The van der Waals surface area contributed by atoms with Crippen LogP contribution >= 0.6 is 24.0 Å². The third-order valence-corrected chi connectivity index (χ3v) is 5.56. The van der Waals surface area contributed by atoms with E-state index in [2.05, 4.69) is 10.3 Å². The summed E-state index contributed by atoms with van der Waals surface area (Å²) in [6.07, 6.45) is 0.353. The van der Waals surface area contributed by atoms with Crippen LogP contribution in [0.5, 0.6) is 5.75 Å². The van der Waals surface area contributed by atoms with Crippen LogP contribution in [-0.4, -0.2) is 28.6 Å². The van der Waals surface area contributed by atoms with Crippen LogP contribution in [0.25, 0.3) is 0 Å². The van der Waals surface area contributed by atoms with E-state index in [9.17, 15) is 18.4 Å². The molecule has 0 radical (unpaired) electrons. The molecule has 2 aromatic carbocycles. The van der Waals surface area contributed by atoms with Gasteiger partial charge in [0.2, 0.25) is 5.91 Å². The standard InChI is InChI=1S/C24H24ClF2N3O4.ClH/c1-13-18(8-14-2-4-15(5-3-14)10-29-23(32)20(28)11-31)22(21(25)24(33)30-13)34-12-16-6-7-17(26)9-19(16)27;/h2-7,9,20,31H,8,10-12,28H2,1H3,(H,29,32)(H,30,33);1H/t20-;/m0./s1. The highest BCUT2D eigenvalue weighted by atomic mass is 35.5. The summed E-state index contributed by atoms with van der Waals surface area (Å²) in [5, 5.41) is 11.4. The maximum Gasteiger partial charge on any atom is 0.270 e. The lowest BCUT2D eigenvalue weighted by Crippen LogP contribution is -2.42. The van der Waals surface area contributed by atoms with Gasteiger partial charge in [-0.1, -0.05) is 35.9 Å². The third kappa shape index (κ3) is 7.25. The molecule has 3 aromatic rings. The van der Waals surface area contributed by atoms with Crippen LogP contribution in [-0.2, 0) is 24.4 Å². The number of carbonyl (C=O) groups is 1. The topological polar surface area (TPSA) is 117 Å². The third-order valence-electron chi connectivity index (χ3n) is 5.22. The first-order chi connectivity index (χ1) is 16.2. The van der Waals surface area contributed by atoms with Gasteiger partial charge in [0, 0.05) is 35.9 Å². The zero-order valence-corrected chi connectivity index (χ0v) is 20.3. The lowest BCUT2D eigenvalue weighted by atomic mass is 10.0. The van der Waals surface area contributed by atoms with Crippen molar-refractivity contribution in [3.05, 3.63) is 97.4 Å². The molecule has 1 atom stereocenters. The Morgan fingerprint density at radius 1 is 1.20 bits per heavy atom. The summed E-state index contributed by atoms with van der Waals surface area (Å²) in [7, 11) is 0. The first kappa shape index (κ1) is 28.3. The molecule has 0 saturated carbocycles. The van der Waals surface area contributed by atoms with Gasteiger partial charge in [-0.15, -0.1) is 12.4 Å². The molecule has 7 nitrogen and oxygen atoms in total. The van der Waals surface area contributed by atoms with Crippen molar-refractivity contribution in [2.24, 2.45) is 5.73 Å². The van der Waals surface area contributed by atoms with Gasteiger partial charge in [-0.25, -0.2) is 8.78 Å². The van der Waals surface area contributed by atoms with E-state index in [0.29, 0.717) is 17.7 Å². The van der Waals surface area contributed by atoms with E-state index in [0.717, 1.165) is 23.3 Å². The molecular formula is C24H25Cl2F2N3O4.